The minimum atomic E-state index is -3.88. The number of rotatable bonds is 6. The molecule has 2 aromatic carbocycles. The van der Waals surface area contributed by atoms with Crippen LogP contribution in [0.3, 0.4) is 0 Å². The maximum Gasteiger partial charge on any atom is 0.290 e. The molecule has 2 amide bonds. The van der Waals surface area contributed by atoms with Gasteiger partial charge in [-0.3, -0.25) is 25.2 Å². The third-order valence-electron chi connectivity index (χ3n) is 4.76. The van der Waals surface area contributed by atoms with Crippen molar-refractivity contribution in [1.82, 2.24) is 24.9 Å². The van der Waals surface area contributed by atoms with E-state index >= 15 is 0 Å². The van der Waals surface area contributed by atoms with Gasteiger partial charge in [0.1, 0.15) is 4.90 Å². The summed E-state index contributed by atoms with van der Waals surface area (Å²) >= 11 is 6.00. The fourth-order valence-electron chi connectivity index (χ4n) is 3.05. The summed E-state index contributed by atoms with van der Waals surface area (Å²) in [6.07, 6.45) is 0.637. The number of aryl methyl sites for hydroxylation is 1. The Labute approximate surface area is 195 Å². The largest absolute Gasteiger partial charge is 0.290 e. The summed E-state index contributed by atoms with van der Waals surface area (Å²) in [7, 11) is -1.20. The number of carbonyl (C=O) groups excluding carboxylic acids is 2. The zero-order chi connectivity index (χ0) is 24.3. The van der Waals surface area contributed by atoms with Crippen molar-refractivity contribution in [2.24, 2.45) is 0 Å². The van der Waals surface area contributed by atoms with Gasteiger partial charge in [0.2, 0.25) is 10.0 Å². The van der Waals surface area contributed by atoms with Crippen molar-refractivity contribution in [2.45, 2.75) is 24.8 Å². The Morgan fingerprint density at radius 2 is 1.70 bits per heavy atom. The second kappa shape index (κ2) is 9.69. The Kier molecular flexibility index (Phi) is 7.15. The highest BCUT2D eigenvalue weighted by Crippen LogP contribution is 2.24. The SMILES string of the molecule is CCCn1nc(C(=O)NNC(=O)c2ccc(Cl)c(S(=O)(=O)N(C)C)c2)c2ccccc2c1=O. The Hall–Kier alpha value is -3.28. The molecule has 0 saturated carbocycles. The van der Waals surface area contributed by atoms with Crippen LogP contribution in [-0.4, -0.2) is 48.4 Å². The van der Waals surface area contributed by atoms with Gasteiger partial charge in [0.15, 0.2) is 5.69 Å². The number of halogens is 1. The Balaban J connectivity index is 1.88. The van der Waals surface area contributed by atoms with Gasteiger partial charge in [0, 0.05) is 31.6 Å². The number of nitrogens with zero attached hydrogens (tertiary/aromatic N) is 3. The van der Waals surface area contributed by atoms with Gasteiger partial charge < -0.3 is 0 Å². The van der Waals surface area contributed by atoms with Gasteiger partial charge in [-0.05, 0) is 30.7 Å². The number of hydrazine groups is 1. The molecule has 12 heteroatoms. The number of carbonyl (C=O) groups is 2. The maximum absolute atomic E-state index is 12.8. The predicted molar refractivity (Wildman–Crippen MR) is 124 cm³/mol. The number of hydrogen-bond donors (Lipinski definition) is 2. The van der Waals surface area contributed by atoms with Crippen molar-refractivity contribution in [3.63, 3.8) is 0 Å². The average molecular weight is 492 g/mol. The fourth-order valence-corrected chi connectivity index (χ4v) is 4.44. The molecule has 1 heterocycles. The lowest BCUT2D eigenvalue weighted by atomic mass is 10.1. The second-order valence-corrected chi connectivity index (χ2v) is 9.79. The summed E-state index contributed by atoms with van der Waals surface area (Å²) in [5.41, 5.74) is 4.12. The summed E-state index contributed by atoms with van der Waals surface area (Å²) in [4.78, 5) is 37.7. The monoisotopic (exact) mass is 491 g/mol. The number of fused-ring (bicyclic) bond motifs is 1. The summed E-state index contributed by atoms with van der Waals surface area (Å²) in [5, 5.41) is 4.78. The smallest absolute Gasteiger partial charge is 0.267 e. The molecule has 0 fully saturated rings. The number of amides is 2. The van der Waals surface area contributed by atoms with Crippen LogP contribution < -0.4 is 16.4 Å². The second-order valence-electron chi connectivity index (χ2n) is 7.26. The molecule has 0 saturated heterocycles. The van der Waals surface area contributed by atoms with Crippen LogP contribution in [0.4, 0.5) is 0 Å². The Bertz CT molecular complexity index is 1400. The highest BCUT2D eigenvalue weighted by atomic mass is 35.5. The maximum atomic E-state index is 12.8. The van der Waals surface area contributed by atoms with Gasteiger partial charge in [-0.2, -0.15) is 5.10 Å². The lowest BCUT2D eigenvalue weighted by Gasteiger charge is -2.14. The van der Waals surface area contributed by atoms with E-state index in [0.29, 0.717) is 23.7 Å². The molecule has 10 nitrogen and oxygen atoms in total. The van der Waals surface area contributed by atoms with Gasteiger partial charge in [0.25, 0.3) is 17.4 Å². The van der Waals surface area contributed by atoms with Crippen molar-refractivity contribution in [3.8, 4) is 0 Å². The van der Waals surface area contributed by atoms with Gasteiger partial charge in [-0.1, -0.05) is 36.7 Å². The van der Waals surface area contributed by atoms with Gasteiger partial charge in [-0.25, -0.2) is 17.4 Å². The molecule has 0 aliphatic carbocycles. The van der Waals surface area contributed by atoms with Crippen LogP contribution >= 0.6 is 11.6 Å². The van der Waals surface area contributed by atoms with Crippen LogP contribution in [0.5, 0.6) is 0 Å². The van der Waals surface area contributed by atoms with Crippen molar-refractivity contribution < 1.29 is 18.0 Å². The Morgan fingerprint density at radius 1 is 1.06 bits per heavy atom. The number of hydrogen-bond acceptors (Lipinski definition) is 6. The minimum absolute atomic E-state index is 0.0334. The molecule has 174 valence electrons. The van der Waals surface area contributed by atoms with Crippen molar-refractivity contribution in [2.75, 3.05) is 14.1 Å². The first-order valence-corrected chi connectivity index (χ1v) is 11.7. The van der Waals surface area contributed by atoms with Gasteiger partial charge in [0.05, 0.1) is 10.4 Å². The van der Waals surface area contributed by atoms with E-state index in [0.717, 1.165) is 10.4 Å². The number of benzene rings is 2. The van der Waals surface area contributed by atoms with E-state index in [4.69, 9.17) is 11.6 Å². The Morgan fingerprint density at radius 3 is 2.33 bits per heavy atom. The van der Waals surface area contributed by atoms with E-state index < -0.39 is 21.8 Å². The summed E-state index contributed by atoms with van der Waals surface area (Å²) in [6, 6.07) is 10.3. The van der Waals surface area contributed by atoms with Crippen LogP contribution in [0.2, 0.25) is 5.02 Å². The lowest BCUT2D eigenvalue weighted by Crippen LogP contribution is -2.43. The van der Waals surface area contributed by atoms with E-state index in [1.54, 1.807) is 24.3 Å². The minimum Gasteiger partial charge on any atom is -0.267 e. The fraction of sp³-hybridized carbons (Fsp3) is 0.238. The van der Waals surface area contributed by atoms with E-state index in [1.165, 1.54) is 30.9 Å². The summed E-state index contributed by atoms with van der Waals surface area (Å²) < 4.78 is 27.0. The van der Waals surface area contributed by atoms with Crippen LogP contribution in [0.25, 0.3) is 10.8 Å². The highest BCUT2D eigenvalue weighted by Gasteiger charge is 2.23. The highest BCUT2D eigenvalue weighted by molar-refractivity contribution is 7.89. The molecule has 0 atom stereocenters. The first kappa shape index (κ1) is 24.4. The molecule has 0 spiro atoms. The predicted octanol–water partition coefficient (Wildman–Crippen LogP) is 1.79. The molecule has 0 unspecified atom stereocenters. The standard InChI is InChI=1S/C21H22ClN5O5S/c1-4-11-27-21(30)15-8-6-5-7-14(15)18(25-27)20(29)24-23-19(28)13-9-10-16(22)17(12-13)33(31,32)26(2)3/h5-10,12H,4,11H2,1-3H3,(H,23,28)(H,24,29). The van der Waals surface area contributed by atoms with E-state index in [2.05, 4.69) is 16.0 Å². The zero-order valence-electron chi connectivity index (χ0n) is 18.1. The van der Waals surface area contributed by atoms with E-state index in [1.807, 2.05) is 6.92 Å². The summed E-state index contributed by atoms with van der Waals surface area (Å²) in [6.45, 7) is 2.20. The first-order chi connectivity index (χ1) is 15.6. The summed E-state index contributed by atoms with van der Waals surface area (Å²) in [5.74, 6) is -1.50. The van der Waals surface area contributed by atoms with Crippen molar-refractivity contribution in [3.05, 3.63) is 69.1 Å². The zero-order valence-corrected chi connectivity index (χ0v) is 19.7. The molecule has 0 bridgehead atoms. The topological polar surface area (TPSA) is 130 Å². The molecule has 33 heavy (non-hydrogen) atoms. The van der Waals surface area contributed by atoms with Crippen LogP contribution in [0.15, 0.2) is 52.2 Å². The van der Waals surface area contributed by atoms with Crippen molar-refractivity contribution in [1.29, 1.82) is 0 Å². The molecule has 2 N–H and O–H groups in total. The molecular formula is C21H22ClN5O5S. The van der Waals surface area contributed by atoms with Crippen LogP contribution in [-0.2, 0) is 16.6 Å². The molecular weight excluding hydrogens is 470 g/mol. The number of sulfonamides is 1. The first-order valence-electron chi connectivity index (χ1n) is 9.90. The van der Waals surface area contributed by atoms with Crippen LogP contribution in [0, 0.1) is 0 Å². The van der Waals surface area contributed by atoms with Gasteiger partial charge >= 0.3 is 0 Å². The average Bonchev–Trinajstić information content (AvgIpc) is 2.79. The molecule has 3 aromatic rings. The molecule has 3 rings (SSSR count). The van der Waals surface area contributed by atoms with E-state index in [9.17, 15) is 22.8 Å². The molecule has 0 radical (unpaired) electrons. The van der Waals surface area contributed by atoms with E-state index in [-0.39, 0.29) is 26.7 Å². The van der Waals surface area contributed by atoms with Crippen LogP contribution in [0.1, 0.15) is 34.2 Å². The third-order valence-corrected chi connectivity index (χ3v) is 7.06. The third kappa shape index (κ3) is 4.90. The lowest BCUT2D eigenvalue weighted by molar-refractivity contribution is 0.0843. The molecule has 0 aliphatic heterocycles. The molecule has 1 aromatic heterocycles. The normalized spacial score (nSPS) is 11.5. The number of nitrogens with one attached hydrogen (secondary N) is 2. The van der Waals surface area contributed by atoms with Crippen molar-refractivity contribution >= 4 is 44.2 Å². The van der Waals surface area contributed by atoms with Gasteiger partial charge in [-0.15, -0.1) is 0 Å². The quantitative estimate of drug-likeness (QED) is 0.505. The number of aromatic nitrogens is 2. The molecule has 0 aliphatic rings.